The van der Waals surface area contributed by atoms with Gasteiger partial charge in [0.25, 0.3) is 0 Å². The van der Waals surface area contributed by atoms with Crippen molar-refractivity contribution in [1.29, 1.82) is 0 Å². The number of pyridine rings is 1. The molecule has 0 aliphatic rings. The van der Waals surface area contributed by atoms with Crippen molar-refractivity contribution in [2.45, 2.75) is 19.6 Å². The molecule has 3 N–H and O–H groups in total. The van der Waals surface area contributed by atoms with Crippen LogP contribution in [0.2, 0.25) is 4.34 Å². The predicted octanol–water partition coefficient (Wildman–Crippen LogP) is 3.21. The molecule has 2 heterocycles. The summed E-state index contributed by atoms with van der Waals surface area (Å²) in [6, 6.07) is 9.15. The van der Waals surface area contributed by atoms with Gasteiger partial charge < -0.3 is 20.5 Å². The lowest BCUT2D eigenvalue weighted by Gasteiger charge is -2.14. The van der Waals surface area contributed by atoms with Crippen LogP contribution in [0.15, 0.2) is 35.3 Å². The fourth-order valence-corrected chi connectivity index (χ4v) is 3.01. The molecule has 0 saturated carbocycles. The van der Waals surface area contributed by atoms with Crippen LogP contribution in [-0.4, -0.2) is 36.2 Å². The zero-order chi connectivity index (χ0) is 17.4. The third kappa shape index (κ3) is 7.35. The summed E-state index contributed by atoms with van der Waals surface area (Å²) >= 11 is 7.26. The van der Waals surface area contributed by atoms with Gasteiger partial charge in [-0.2, -0.15) is 0 Å². The second kappa shape index (κ2) is 11.5. The van der Waals surface area contributed by atoms with Crippen molar-refractivity contribution in [3.63, 3.8) is 0 Å². The van der Waals surface area contributed by atoms with Crippen LogP contribution in [0.5, 0.6) is 5.88 Å². The van der Waals surface area contributed by atoms with E-state index in [1.165, 1.54) is 11.3 Å². The number of aromatic nitrogens is 1. The number of aliphatic imine (C=N–C) groups is 1. The van der Waals surface area contributed by atoms with Gasteiger partial charge in [-0.15, -0.1) is 35.3 Å². The first kappa shape index (κ1) is 21.9. The molecule has 0 spiro atoms. The van der Waals surface area contributed by atoms with Gasteiger partial charge in [0, 0.05) is 24.0 Å². The maximum Gasteiger partial charge on any atom is 0.213 e. The van der Waals surface area contributed by atoms with Crippen LogP contribution >= 0.6 is 46.9 Å². The maximum atomic E-state index is 10.2. The van der Waals surface area contributed by atoms with E-state index in [9.17, 15) is 5.11 Å². The normalized spacial score (nSPS) is 12.2. The van der Waals surface area contributed by atoms with E-state index < -0.39 is 6.10 Å². The summed E-state index contributed by atoms with van der Waals surface area (Å²) in [5.41, 5.74) is 0.803. The van der Waals surface area contributed by atoms with Crippen molar-refractivity contribution in [2.24, 2.45) is 4.99 Å². The van der Waals surface area contributed by atoms with Crippen LogP contribution in [0.4, 0.5) is 0 Å². The van der Waals surface area contributed by atoms with Crippen LogP contribution in [0.3, 0.4) is 0 Å². The molecule has 0 bridgehead atoms. The molecule has 0 saturated heterocycles. The summed E-state index contributed by atoms with van der Waals surface area (Å²) in [5.74, 6) is 1.18. The first-order chi connectivity index (χ1) is 11.6. The number of hydrogen-bond acceptors (Lipinski definition) is 5. The number of rotatable bonds is 7. The zero-order valence-corrected chi connectivity index (χ0v) is 17.9. The molecule has 6 nitrogen and oxygen atoms in total. The minimum absolute atomic E-state index is 0. The fraction of sp³-hybridized carbons (Fsp3) is 0.375. The Bertz CT molecular complexity index is 684. The van der Waals surface area contributed by atoms with E-state index in [1.54, 1.807) is 19.2 Å². The van der Waals surface area contributed by atoms with E-state index in [4.69, 9.17) is 16.3 Å². The van der Waals surface area contributed by atoms with Crippen LogP contribution in [-0.2, 0) is 6.54 Å². The van der Waals surface area contributed by atoms with Crippen molar-refractivity contribution in [3.8, 4) is 5.88 Å². The largest absolute Gasteiger partial charge is 0.481 e. The molecular weight excluding hydrogens is 475 g/mol. The monoisotopic (exact) mass is 496 g/mol. The highest BCUT2D eigenvalue weighted by atomic mass is 127. The molecule has 0 amide bonds. The first-order valence-electron chi connectivity index (χ1n) is 7.57. The molecule has 25 heavy (non-hydrogen) atoms. The summed E-state index contributed by atoms with van der Waals surface area (Å²) < 4.78 is 5.77. The minimum Gasteiger partial charge on any atom is -0.481 e. The fourth-order valence-electron chi connectivity index (χ4n) is 1.96. The number of nitrogens with one attached hydrogen (secondary N) is 2. The standard InChI is InChI=1S/C16H21ClN4O2S.HI/c1-3-18-16(19-9-11-5-4-6-15(21-11)23-2)20-10-12(22)13-7-8-14(17)24-13;/h4-8,12,22H,3,9-10H2,1-2H3,(H2,18,19,20);1H. The van der Waals surface area contributed by atoms with Gasteiger partial charge in [0.05, 0.1) is 23.7 Å². The maximum absolute atomic E-state index is 10.2. The minimum atomic E-state index is -0.638. The number of guanidine groups is 1. The SMILES string of the molecule is CCNC(=NCc1cccc(OC)n1)NCC(O)c1ccc(Cl)s1.I. The van der Waals surface area contributed by atoms with Crippen molar-refractivity contribution in [2.75, 3.05) is 20.2 Å². The van der Waals surface area contributed by atoms with E-state index in [2.05, 4.69) is 20.6 Å². The zero-order valence-electron chi connectivity index (χ0n) is 14.0. The number of halogens is 2. The Kier molecular flexibility index (Phi) is 10.1. The second-order valence-electron chi connectivity index (χ2n) is 4.91. The van der Waals surface area contributed by atoms with Gasteiger partial charge in [-0.05, 0) is 25.1 Å². The Morgan fingerprint density at radius 2 is 2.16 bits per heavy atom. The smallest absolute Gasteiger partial charge is 0.213 e. The van der Waals surface area contributed by atoms with Crippen molar-refractivity contribution < 1.29 is 9.84 Å². The molecule has 0 aliphatic heterocycles. The second-order valence-corrected chi connectivity index (χ2v) is 6.65. The molecular formula is C16H22ClIN4O2S. The van der Waals surface area contributed by atoms with Gasteiger partial charge in [-0.25, -0.2) is 9.98 Å². The first-order valence-corrected chi connectivity index (χ1v) is 8.77. The molecule has 0 aliphatic carbocycles. The van der Waals surface area contributed by atoms with Crippen molar-refractivity contribution in [3.05, 3.63) is 45.2 Å². The van der Waals surface area contributed by atoms with Crippen LogP contribution < -0.4 is 15.4 Å². The van der Waals surface area contributed by atoms with Crippen molar-refractivity contribution in [1.82, 2.24) is 15.6 Å². The lowest BCUT2D eigenvalue weighted by atomic mass is 10.3. The predicted molar refractivity (Wildman–Crippen MR) is 113 cm³/mol. The molecule has 9 heteroatoms. The molecule has 2 rings (SSSR count). The number of aliphatic hydroxyl groups is 1. The van der Waals surface area contributed by atoms with E-state index in [-0.39, 0.29) is 24.0 Å². The lowest BCUT2D eigenvalue weighted by Crippen LogP contribution is -2.39. The summed E-state index contributed by atoms with van der Waals surface area (Å²) in [4.78, 5) is 9.61. The highest BCUT2D eigenvalue weighted by molar-refractivity contribution is 14.0. The molecule has 0 aromatic carbocycles. The topological polar surface area (TPSA) is 78.8 Å². The number of hydrogen-bond donors (Lipinski definition) is 3. The highest BCUT2D eigenvalue weighted by Crippen LogP contribution is 2.26. The Morgan fingerprint density at radius 1 is 1.36 bits per heavy atom. The van der Waals surface area contributed by atoms with E-state index >= 15 is 0 Å². The summed E-state index contributed by atoms with van der Waals surface area (Å²) in [6.45, 7) is 3.45. The van der Waals surface area contributed by atoms with E-state index in [1.807, 2.05) is 25.1 Å². The van der Waals surface area contributed by atoms with Gasteiger partial charge in [0.2, 0.25) is 5.88 Å². The number of thiophene rings is 1. The third-order valence-electron chi connectivity index (χ3n) is 3.12. The van der Waals surface area contributed by atoms with Crippen molar-refractivity contribution >= 4 is 52.9 Å². The molecule has 1 unspecified atom stereocenters. The summed E-state index contributed by atoms with van der Waals surface area (Å²) in [6.07, 6.45) is -0.638. The molecule has 138 valence electrons. The molecule has 2 aromatic heterocycles. The van der Waals surface area contributed by atoms with Crippen LogP contribution in [0, 0.1) is 0 Å². The number of nitrogens with zero attached hydrogens (tertiary/aromatic N) is 2. The molecule has 0 radical (unpaired) electrons. The number of methoxy groups -OCH3 is 1. The van der Waals surface area contributed by atoms with Gasteiger partial charge in [0.1, 0.15) is 6.10 Å². The number of aliphatic hydroxyl groups excluding tert-OH is 1. The Hall–Kier alpha value is -1.10. The third-order valence-corrected chi connectivity index (χ3v) is 4.45. The molecule has 1 atom stereocenters. The van der Waals surface area contributed by atoms with E-state index in [0.29, 0.717) is 29.3 Å². The summed E-state index contributed by atoms with van der Waals surface area (Å²) in [5, 5.41) is 16.4. The van der Waals surface area contributed by atoms with Gasteiger partial charge >= 0.3 is 0 Å². The Morgan fingerprint density at radius 3 is 2.80 bits per heavy atom. The van der Waals surface area contributed by atoms with Gasteiger partial charge in [-0.3, -0.25) is 0 Å². The average Bonchev–Trinajstić information content (AvgIpc) is 3.04. The van der Waals surface area contributed by atoms with E-state index in [0.717, 1.165) is 17.1 Å². The quantitative estimate of drug-likeness (QED) is 0.312. The molecule has 0 fully saturated rings. The Labute approximate surface area is 173 Å². The average molecular weight is 497 g/mol. The highest BCUT2D eigenvalue weighted by Gasteiger charge is 2.11. The molecule has 2 aromatic rings. The van der Waals surface area contributed by atoms with Crippen LogP contribution in [0.1, 0.15) is 23.6 Å². The number of ether oxygens (including phenoxy) is 1. The van der Waals surface area contributed by atoms with Gasteiger partial charge in [0.15, 0.2) is 5.96 Å². The Balaban J connectivity index is 0.00000312. The van der Waals surface area contributed by atoms with Gasteiger partial charge in [-0.1, -0.05) is 17.7 Å². The lowest BCUT2D eigenvalue weighted by molar-refractivity contribution is 0.184. The van der Waals surface area contributed by atoms with Crippen LogP contribution in [0.25, 0.3) is 0 Å². The summed E-state index contributed by atoms with van der Waals surface area (Å²) in [7, 11) is 1.58.